The first-order valence-electron chi connectivity index (χ1n) is 9.72. The van der Waals surface area contributed by atoms with Gasteiger partial charge in [0, 0.05) is 30.2 Å². The fourth-order valence-corrected chi connectivity index (χ4v) is 5.15. The molecule has 1 fully saturated rings. The van der Waals surface area contributed by atoms with Crippen molar-refractivity contribution in [1.29, 1.82) is 0 Å². The lowest BCUT2D eigenvalue weighted by Gasteiger charge is -2.20. The van der Waals surface area contributed by atoms with Crippen LogP contribution in [0.4, 0.5) is 5.69 Å². The van der Waals surface area contributed by atoms with E-state index in [1.54, 1.807) is 32.0 Å². The second-order valence-electron chi connectivity index (χ2n) is 7.24. The SMILES string of the molecule is CCC(C(=O)Nc1ccc(S(=O)(=O)N2CCCC2)cc1)n1c(C)cc(C)nc1=O. The van der Waals surface area contributed by atoms with Gasteiger partial charge in [0.1, 0.15) is 6.04 Å². The van der Waals surface area contributed by atoms with E-state index in [0.717, 1.165) is 12.8 Å². The standard InChI is InChI=1S/C20H26N4O4S/c1-4-18(24-15(3)13-14(2)21-20(24)26)19(25)22-16-7-9-17(10-8-16)29(27,28)23-11-5-6-12-23/h7-10,13,18H,4-6,11-12H2,1-3H3,(H,22,25). The fourth-order valence-electron chi connectivity index (χ4n) is 3.64. The summed E-state index contributed by atoms with van der Waals surface area (Å²) < 4.78 is 28.1. The summed E-state index contributed by atoms with van der Waals surface area (Å²) in [4.78, 5) is 29.2. The molecule has 1 N–H and O–H groups in total. The number of hydrogen-bond donors (Lipinski definition) is 1. The number of hydrogen-bond acceptors (Lipinski definition) is 5. The van der Waals surface area contributed by atoms with Gasteiger partial charge < -0.3 is 5.32 Å². The Morgan fingerprint density at radius 2 is 1.79 bits per heavy atom. The zero-order valence-corrected chi connectivity index (χ0v) is 17.7. The first-order chi connectivity index (χ1) is 13.7. The lowest BCUT2D eigenvalue weighted by Crippen LogP contribution is -2.36. The van der Waals surface area contributed by atoms with Crippen LogP contribution in [-0.2, 0) is 14.8 Å². The van der Waals surface area contributed by atoms with Crippen molar-refractivity contribution in [2.75, 3.05) is 18.4 Å². The van der Waals surface area contributed by atoms with Gasteiger partial charge in [-0.05, 0) is 63.4 Å². The third kappa shape index (κ3) is 4.40. The van der Waals surface area contributed by atoms with E-state index in [2.05, 4.69) is 10.3 Å². The van der Waals surface area contributed by atoms with Gasteiger partial charge in [0.25, 0.3) is 0 Å². The molecule has 1 aromatic heterocycles. The lowest BCUT2D eigenvalue weighted by atomic mass is 10.1. The van der Waals surface area contributed by atoms with Crippen molar-refractivity contribution in [2.24, 2.45) is 0 Å². The molecule has 3 rings (SSSR count). The molecule has 0 aliphatic carbocycles. The first kappa shape index (κ1) is 21.2. The largest absolute Gasteiger partial charge is 0.348 e. The molecule has 0 radical (unpaired) electrons. The van der Waals surface area contributed by atoms with Gasteiger partial charge in [-0.1, -0.05) is 6.92 Å². The summed E-state index contributed by atoms with van der Waals surface area (Å²) in [6.07, 6.45) is 2.16. The Labute approximate surface area is 170 Å². The molecule has 156 valence electrons. The molecule has 1 aliphatic heterocycles. The summed E-state index contributed by atoms with van der Waals surface area (Å²) in [6.45, 7) is 6.40. The number of nitrogens with zero attached hydrogens (tertiary/aromatic N) is 3. The van der Waals surface area contributed by atoms with Gasteiger partial charge in [0.15, 0.2) is 0 Å². The Balaban J connectivity index is 1.79. The molecule has 8 nitrogen and oxygen atoms in total. The van der Waals surface area contributed by atoms with Crippen LogP contribution in [0.3, 0.4) is 0 Å². The van der Waals surface area contributed by atoms with Crippen LogP contribution in [0.2, 0.25) is 0 Å². The van der Waals surface area contributed by atoms with Gasteiger partial charge in [-0.25, -0.2) is 13.2 Å². The van der Waals surface area contributed by atoms with Gasteiger partial charge in [-0.15, -0.1) is 0 Å². The molecule has 1 saturated heterocycles. The second-order valence-corrected chi connectivity index (χ2v) is 9.18. The summed E-state index contributed by atoms with van der Waals surface area (Å²) in [6, 6.07) is 7.18. The lowest BCUT2D eigenvalue weighted by molar-refractivity contribution is -0.119. The molecule has 0 spiro atoms. The van der Waals surface area contributed by atoms with Gasteiger partial charge >= 0.3 is 5.69 Å². The minimum absolute atomic E-state index is 0.208. The van der Waals surface area contributed by atoms with Crippen LogP contribution in [-0.4, -0.2) is 41.3 Å². The van der Waals surface area contributed by atoms with Crippen LogP contribution in [0, 0.1) is 13.8 Å². The summed E-state index contributed by atoms with van der Waals surface area (Å²) in [5.74, 6) is -0.349. The molecular formula is C20H26N4O4S. The number of carbonyl (C=O) groups excluding carboxylic acids is 1. The van der Waals surface area contributed by atoms with Gasteiger partial charge in [-0.3, -0.25) is 9.36 Å². The topological polar surface area (TPSA) is 101 Å². The highest BCUT2D eigenvalue weighted by Gasteiger charge is 2.27. The zero-order chi connectivity index (χ0) is 21.2. The predicted octanol–water partition coefficient (Wildman–Crippen LogP) is 2.23. The van der Waals surface area contributed by atoms with Crippen LogP contribution >= 0.6 is 0 Å². The Morgan fingerprint density at radius 3 is 2.34 bits per heavy atom. The second kappa shape index (κ2) is 8.46. The van der Waals surface area contributed by atoms with Crippen molar-refractivity contribution >= 4 is 21.6 Å². The van der Waals surface area contributed by atoms with Crippen LogP contribution in [0.5, 0.6) is 0 Å². The molecule has 29 heavy (non-hydrogen) atoms. The minimum atomic E-state index is -3.50. The normalized spacial score (nSPS) is 16.0. The van der Waals surface area contributed by atoms with E-state index >= 15 is 0 Å². The van der Waals surface area contributed by atoms with E-state index in [1.165, 1.54) is 21.0 Å². The summed E-state index contributed by atoms with van der Waals surface area (Å²) in [5, 5.41) is 2.77. The molecule has 2 heterocycles. The monoisotopic (exact) mass is 418 g/mol. The molecule has 1 amide bonds. The van der Waals surface area contributed by atoms with Gasteiger partial charge in [-0.2, -0.15) is 9.29 Å². The number of sulfonamides is 1. The maximum atomic E-state index is 12.8. The Bertz CT molecular complexity index is 1050. The van der Waals surface area contributed by atoms with Gasteiger partial charge in [0.05, 0.1) is 4.90 Å². The number of aryl methyl sites for hydroxylation is 2. The Kier molecular flexibility index (Phi) is 6.18. The third-order valence-electron chi connectivity index (χ3n) is 5.10. The molecular weight excluding hydrogens is 392 g/mol. The van der Waals surface area contributed by atoms with Crippen LogP contribution < -0.4 is 11.0 Å². The highest BCUT2D eigenvalue weighted by atomic mass is 32.2. The molecule has 2 aromatic rings. The highest BCUT2D eigenvalue weighted by molar-refractivity contribution is 7.89. The Hall–Kier alpha value is -2.52. The van der Waals surface area contributed by atoms with E-state index in [4.69, 9.17) is 0 Å². The van der Waals surface area contributed by atoms with Crippen molar-refractivity contribution in [2.45, 2.75) is 51.0 Å². The molecule has 0 bridgehead atoms. The number of rotatable bonds is 6. The van der Waals surface area contributed by atoms with Crippen molar-refractivity contribution in [3.05, 3.63) is 52.2 Å². The molecule has 9 heteroatoms. The number of carbonyl (C=O) groups is 1. The van der Waals surface area contributed by atoms with Crippen molar-refractivity contribution in [3.63, 3.8) is 0 Å². The predicted molar refractivity (Wildman–Crippen MR) is 110 cm³/mol. The van der Waals surface area contributed by atoms with E-state index in [1.807, 2.05) is 6.92 Å². The van der Waals surface area contributed by atoms with Crippen LogP contribution in [0.1, 0.15) is 43.6 Å². The van der Waals surface area contributed by atoms with E-state index in [9.17, 15) is 18.0 Å². The average Bonchev–Trinajstić information content (AvgIpc) is 3.20. The number of anilines is 1. The first-order valence-corrected chi connectivity index (χ1v) is 11.2. The maximum Gasteiger partial charge on any atom is 0.348 e. The smallest absolute Gasteiger partial charge is 0.324 e. The number of aromatic nitrogens is 2. The van der Waals surface area contributed by atoms with Crippen molar-refractivity contribution in [1.82, 2.24) is 13.9 Å². The minimum Gasteiger partial charge on any atom is -0.324 e. The Morgan fingerprint density at radius 1 is 1.17 bits per heavy atom. The molecule has 1 unspecified atom stereocenters. The molecule has 1 aliphatic rings. The molecule has 0 saturated carbocycles. The highest BCUT2D eigenvalue weighted by Crippen LogP contribution is 2.23. The molecule has 1 aromatic carbocycles. The van der Waals surface area contributed by atoms with E-state index in [-0.39, 0.29) is 10.8 Å². The van der Waals surface area contributed by atoms with Crippen LogP contribution in [0.15, 0.2) is 40.0 Å². The third-order valence-corrected chi connectivity index (χ3v) is 7.01. The van der Waals surface area contributed by atoms with Gasteiger partial charge in [0.2, 0.25) is 15.9 Å². The van der Waals surface area contributed by atoms with Crippen molar-refractivity contribution < 1.29 is 13.2 Å². The number of amides is 1. The summed E-state index contributed by atoms with van der Waals surface area (Å²) in [7, 11) is -3.50. The summed E-state index contributed by atoms with van der Waals surface area (Å²) >= 11 is 0. The number of benzene rings is 1. The quantitative estimate of drug-likeness (QED) is 0.775. The van der Waals surface area contributed by atoms with Crippen LogP contribution in [0.25, 0.3) is 0 Å². The maximum absolute atomic E-state index is 12.8. The fraction of sp³-hybridized carbons (Fsp3) is 0.450. The zero-order valence-electron chi connectivity index (χ0n) is 16.9. The van der Waals surface area contributed by atoms with E-state index in [0.29, 0.717) is 36.6 Å². The number of nitrogens with one attached hydrogen (secondary N) is 1. The summed E-state index contributed by atoms with van der Waals surface area (Å²) in [5.41, 5.74) is 1.28. The average molecular weight is 419 g/mol. The van der Waals surface area contributed by atoms with Crippen molar-refractivity contribution in [3.8, 4) is 0 Å². The molecule has 1 atom stereocenters. The van der Waals surface area contributed by atoms with E-state index < -0.39 is 21.8 Å².